The van der Waals surface area contributed by atoms with Crippen LogP contribution in [0.2, 0.25) is 0 Å². The summed E-state index contributed by atoms with van der Waals surface area (Å²) in [6, 6.07) is 6.74. The van der Waals surface area contributed by atoms with Crippen molar-refractivity contribution in [2.24, 2.45) is 5.84 Å². The van der Waals surface area contributed by atoms with Crippen molar-refractivity contribution in [3.8, 4) is 0 Å². The van der Waals surface area contributed by atoms with Crippen LogP contribution in [0.1, 0.15) is 24.3 Å². The van der Waals surface area contributed by atoms with Crippen LogP contribution in [0.5, 0.6) is 0 Å². The fourth-order valence-electron chi connectivity index (χ4n) is 1.81. The SMILES string of the molecule is CCC(Nc1cc([N+](=O)[O-])cc(NN)n1)c1cccs1. The van der Waals surface area contributed by atoms with Gasteiger partial charge in [-0.05, 0) is 17.9 Å². The van der Waals surface area contributed by atoms with E-state index in [0.717, 1.165) is 11.3 Å². The number of nitrogens with one attached hydrogen (secondary N) is 2. The van der Waals surface area contributed by atoms with Crippen molar-refractivity contribution in [1.82, 2.24) is 4.98 Å². The predicted molar refractivity (Wildman–Crippen MR) is 79.7 cm³/mol. The molecule has 0 aliphatic carbocycles. The molecule has 0 aromatic carbocycles. The molecule has 0 saturated heterocycles. The Morgan fingerprint density at radius 2 is 2.25 bits per heavy atom. The Labute approximate surface area is 120 Å². The van der Waals surface area contributed by atoms with Gasteiger partial charge in [0.05, 0.1) is 23.1 Å². The number of hydrogen-bond acceptors (Lipinski definition) is 7. The molecule has 2 aromatic rings. The van der Waals surface area contributed by atoms with Gasteiger partial charge in [0.15, 0.2) is 0 Å². The van der Waals surface area contributed by atoms with Crippen molar-refractivity contribution in [3.63, 3.8) is 0 Å². The summed E-state index contributed by atoms with van der Waals surface area (Å²) in [5.41, 5.74) is 2.28. The van der Waals surface area contributed by atoms with E-state index in [2.05, 4.69) is 15.7 Å². The van der Waals surface area contributed by atoms with Gasteiger partial charge in [0.2, 0.25) is 0 Å². The molecule has 0 bridgehead atoms. The van der Waals surface area contributed by atoms with E-state index < -0.39 is 4.92 Å². The summed E-state index contributed by atoms with van der Waals surface area (Å²) < 4.78 is 0. The first-order chi connectivity index (χ1) is 9.63. The smallest absolute Gasteiger partial charge is 0.276 e. The van der Waals surface area contributed by atoms with Gasteiger partial charge in [0.1, 0.15) is 11.6 Å². The number of nitrogens with two attached hydrogens (primary N) is 1. The highest BCUT2D eigenvalue weighted by molar-refractivity contribution is 7.10. The maximum absolute atomic E-state index is 10.9. The molecule has 0 spiro atoms. The first-order valence-electron chi connectivity index (χ1n) is 6.07. The summed E-state index contributed by atoms with van der Waals surface area (Å²) in [7, 11) is 0. The van der Waals surface area contributed by atoms with Crippen LogP contribution in [0.3, 0.4) is 0 Å². The number of hydrazine groups is 1. The van der Waals surface area contributed by atoms with Gasteiger partial charge in [-0.2, -0.15) is 0 Å². The lowest BCUT2D eigenvalue weighted by Crippen LogP contribution is -2.13. The van der Waals surface area contributed by atoms with Crippen LogP contribution in [0, 0.1) is 10.1 Å². The lowest BCUT2D eigenvalue weighted by atomic mass is 10.2. The molecule has 2 rings (SSSR count). The van der Waals surface area contributed by atoms with Gasteiger partial charge in [-0.3, -0.25) is 10.1 Å². The molecule has 1 atom stereocenters. The predicted octanol–water partition coefficient (Wildman–Crippen LogP) is 2.90. The third-order valence-electron chi connectivity index (χ3n) is 2.79. The van der Waals surface area contributed by atoms with E-state index in [-0.39, 0.29) is 17.5 Å². The van der Waals surface area contributed by atoms with Gasteiger partial charge < -0.3 is 10.7 Å². The van der Waals surface area contributed by atoms with Gasteiger partial charge in [0.25, 0.3) is 5.69 Å². The summed E-state index contributed by atoms with van der Waals surface area (Å²) in [5, 5.41) is 16.1. The van der Waals surface area contributed by atoms with Crippen LogP contribution in [-0.4, -0.2) is 9.91 Å². The van der Waals surface area contributed by atoms with Crippen LogP contribution in [-0.2, 0) is 0 Å². The summed E-state index contributed by atoms with van der Waals surface area (Å²) in [6.45, 7) is 2.04. The van der Waals surface area contributed by atoms with Crippen molar-refractivity contribution in [2.45, 2.75) is 19.4 Å². The number of hydrogen-bond donors (Lipinski definition) is 3. The van der Waals surface area contributed by atoms with Crippen LogP contribution in [0.15, 0.2) is 29.6 Å². The molecule has 0 fully saturated rings. The van der Waals surface area contributed by atoms with Gasteiger partial charge in [-0.15, -0.1) is 11.3 Å². The second kappa shape index (κ2) is 6.31. The normalized spacial score (nSPS) is 11.9. The minimum Gasteiger partial charge on any atom is -0.362 e. The van der Waals surface area contributed by atoms with Crippen LogP contribution in [0.25, 0.3) is 0 Å². The van der Waals surface area contributed by atoms with E-state index in [9.17, 15) is 10.1 Å². The first-order valence-corrected chi connectivity index (χ1v) is 6.95. The molecule has 106 valence electrons. The Bertz CT molecular complexity index is 588. The second-order valence-electron chi connectivity index (χ2n) is 4.12. The lowest BCUT2D eigenvalue weighted by Gasteiger charge is -2.16. The Hall–Kier alpha value is -2.19. The summed E-state index contributed by atoms with van der Waals surface area (Å²) in [4.78, 5) is 15.8. The van der Waals surface area contributed by atoms with E-state index in [0.29, 0.717) is 5.82 Å². The number of pyridine rings is 1. The Balaban J connectivity index is 2.27. The van der Waals surface area contributed by atoms with Gasteiger partial charge in [-0.1, -0.05) is 13.0 Å². The molecular formula is C12H15N5O2S. The minimum absolute atomic E-state index is 0.0588. The second-order valence-corrected chi connectivity index (χ2v) is 5.10. The van der Waals surface area contributed by atoms with Crippen molar-refractivity contribution in [2.75, 3.05) is 10.7 Å². The van der Waals surface area contributed by atoms with Crippen LogP contribution < -0.4 is 16.6 Å². The molecule has 0 aliphatic rings. The molecule has 0 aliphatic heterocycles. The maximum Gasteiger partial charge on any atom is 0.276 e. The van der Waals surface area contributed by atoms with E-state index >= 15 is 0 Å². The average molecular weight is 293 g/mol. The highest BCUT2D eigenvalue weighted by Gasteiger charge is 2.15. The molecule has 0 radical (unpaired) electrons. The number of nitro groups is 1. The monoisotopic (exact) mass is 293 g/mol. The van der Waals surface area contributed by atoms with Crippen molar-refractivity contribution in [3.05, 3.63) is 44.6 Å². The highest BCUT2D eigenvalue weighted by Crippen LogP contribution is 2.28. The standard InChI is InChI=1S/C12H15N5O2S/c1-2-9(10-4-3-5-20-10)14-11-6-8(17(18)19)7-12(15-11)16-13/h3-7,9H,2,13H2,1H3,(H2,14,15,16). The molecular weight excluding hydrogens is 278 g/mol. The quantitative estimate of drug-likeness (QED) is 0.429. The Morgan fingerprint density at radius 3 is 2.80 bits per heavy atom. The Morgan fingerprint density at radius 1 is 1.50 bits per heavy atom. The number of thiophene rings is 1. The molecule has 2 heterocycles. The van der Waals surface area contributed by atoms with Gasteiger partial charge in [-0.25, -0.2) is 10.8 Å². The summed E-state index contributed by atoms with van der Waals surface area (Å²) in [6.07, 6.45) is 0.844. The summed E-state index contributed by atoms with van der Waals surface area (Å²) >= 11 is 1.63. The van der Waals surface area contributed by atoms with Crippen molar-refractivity contribution in [1.29, 1.82) is 0 Å². The zero-order valence-corrected chi connectivity index (χ0v) is 11.7. The molecule has 20 heavy (non-hydrogen) atoms. The van der Waals surface area contributed by atoms with Crippen molar-refractivity contribution < 1.29 is 4.92 Å². The maximum atomic E-state index is 10.9. The first kappa shape index (κ1) is 14.2. The summed E-state index contributed by atoms with van der Waals surface area (Å²) in [5.74, 6) is 5.96. The average Bonchev–Trinajstić information content (AvgIpc) is 2.98. The highest BCUT2D eigenvalue weighted by atomic mass is 32.1. The molecule has 8 heteroatoms. The van der Waals surface area contributed by atoms with Crippen LogP contribution >= 0.6 is 11.3 Å². The fraction of sp³-hybridized carbons (Fsp3) is 0.250. The fourth-order valence-corrected chi connectivity index (χ4v) is 2.67. The van der Waals surface area contributed by atoms with Crippen molar-refractivity contribution >= 4 is 28.7 Å². The van der Waals surface area contributed by atoms with E-state index in [1.807, 2.05) is 24.4 Å². The molecule has 4 N–H and O–H groups in total. The van der Waals surface area contributed by atoms with Crippen LogP contribution in [0.4, 0.5) is 17.3 Å². The number of nitrogens with zero attached hydrogens (tertiary/aromatic N) is 2. The third kappa shape index (κ3) is 3.22. The van der Waals surface area contributed by atoms with E-state index in [1.54, 1.807) is 11.3 Å². The largest absolute Gasteiger partial charge is 0.362 e. The van der Waals surface area contributed by atoms with E-state index in [4.69, 9.17) is 5.84 Å². The van der Waals surface area contributed by atoms with E-state index in [1.165, 1.54) is 12.1 Å². The zero-order valence-electron chi connectivity index (χ0n) is 10.9. The Kier molecular flexibility index (Phi) is 4.49. The molecule has 0 amide bonds. The minimum atomic E-state index is -0.472. The topological polar surface area (TPSA) is 106 Å². The van der Waals surface area contributed by atoms with Gasteiger partial charge in [0, 0.05) is 4.88 Å². The number of anilines is 2. The number of aromatic nitrogens is 1. The molecule has 0 saturated carbocycles. The lowest BCUT2D eigenvalue weighted by molar-refractivity contribution is -0.384. The number of rotatable bonds is 6. The van der Waals surface area contributed by atoms with Gasteiger partial charge >= 0.3 is 0 Å². The third-order valence-corrected chi connectivity index (χ3v) is 3.77. The molecule has 2 aromatic heterocycles. The zero-order chi connectivity index (χ0) is 14.5. The molecule has 7 nitrogen and oxygen atoms in total. The molecule has 1 unspecified atom stereocenters. The number of nitrogen functional groups attached to an aromatic ring is 1.